The van der Waals surface area contributed by atoms with Crippen LogP contribution in [-0.4, -0.2) is 34.8 Å². The summed E-state index contributed by atoms with van der Waals surface area (Å²) in [4.78, 5) is 29.1. The quantitative estimate of drug-likeness (QED) is 0.419. The van der Waals surface area contributed by atoms with Crippen LogP contribution in [0.4, 0.5) is 0 Å². The number of ether oxygens (including phenoxy) is 1. The third-order valence-corrected chi connectivity index (χ3v) is 7.28. The van der Waals surface area contributed by atoms with Crippen LogP contribution in [0.2, 0.25) is 0 Å². The summed E-state index contributed by atoms with van der Waals surface area (Å²) in [5.41, 5.74) is 2.57. The first kappa shape index (κ1) is 20.7. The van der Waals surface area contributed by atoms with E-state index in [1.165, 1.54) is 18.4 Å². The first-order valence-corrected chi connectivity index (χ1v) is 11.3. The highest BCUT2D eigenvalue weighted by Gasteiger charge is 2.49. The molecular weight excluding hydrogens is 398 g/mol. The van der Waals surface area contributed by atoms with E-state index in [9.17, 15) is 14.7 Å². The lowest BCUT2D eigenvalue weighted by molar-refractivity contribution is -0.141. The van der Waals surface area contributed by atoms with Gasteiger partial charge in [0.15, 0.2) is 0 Å². The van der Waals surface area contributed by atoms with Crippen LogP contribution in [0.3, 0.4) is 0 Å². The molecule has 1 amide bonds. The first-order valence-electron chi connectivity index (χ1n) is 10.4. The van der Waals surface area contributed by atoms with Crippen LogP contribution in [0.25, 0.3) is 5.76 Å². The molecular formula is C24H27NO4S. The highest BCUT2D eigenvalue weighted by molar-refractivity contribution is 7.10. The lowest BCUT2D eigenvalue weighted by Gasteiger charge is -2.35. The van der Waals surface area contributed by atoms with Gasteiger partial charge in [-0.05, 0) is 55.8 Å². The summed E-state index contributed by atoms with van der Waals surface area (Å²) in [6.45, 7) is 3.90. The van der Waals surface area contributed by atoms with Crippen LogP contribution in [-0.2, 0) is 9.59 Å². The van der Waals surface area contributed by atoms with Crippen molar-refractivity contribution in [2.75, 3.05) is 7.11 Å². The van der Waals surface area contributed by atoms with Crippen molar-refractivity contribution in [3.8, 4) is 5.75 Å². The van der Waals surface area contributed by atoms with Crippen LogP contribution < -0.4 is 4.74 Å². The number of ketones is 1. The molecule has 2 aliphatic rings. The summed E-state index contributed by atoms with van der Waals surface area (Å²) in [6.07, 6.45) is 5.04. The topological polar surface area (TPSA) is 66.8 Å². The number of thiophene rings is 1. The second-order valence-electron chi connectivity index (χ2n) is 8.17. The molecule has 1 N–H and O–H groups in total. The minimum atomic E-state index is -0.612. The molecule has 2 fully saturated rings. The largest absolute Gasteiger partial charge is 0.507 e. The third kappa shape index (κ3) is 3.43. The van der Waals surface area contributed by atoms with Crippen molar-refractivity contribution in [3.05, 3.63) is 56.8 Å². The number of hydrogen-bond acceptors (Lipinski definition) is 5. The molecule has 1 aliphatic heterocycles. The van der Waals surface area contributed by atoms with Crippen molar-refractivity contribution in [2.24, 2.45) is 0 Å². The van der Waals surface area contributed by atoms with Crippen LogP contribution in [0, 0.1) is 13.8 Å². The second kappa shape index (κ2) is 8.26. The van der Waals surface area contributed by atoms with Crippen LogP contribution in [0.1, 0.15) is 59.7 Å². The Bertz CT molecular complexity index is 1020. The Labute approximate surface area is 181 Å². The molecule has 1 saturated heterocycles. The van der Waals surface area contributed by atoms with Crippen molar-refractivity contribution in [2.45, 2.75) is 58.0 Å². The molecule has 1 unspecified atom stereocenters. The second-order valence-corrected chi connectivity index (χ2v) is 9.12. The molecule has 0 radical (unpaired) electrons. The van der Waals surface area contributed by atoms with E-state index in [1.54, 1.807) is 17.0 Å². The van der Waals surface area contributed by atoms with Gasteiger partial charge < -0.3 is 14.7 Å². The lowest BCUT2D eigenvalue weighted by Crippen LogP contribution is -2.40. The fourth-order valence-corrected chi connectivity index (χ4v) is 5.69. The first-order chi connectivity index (χ1) is 14.4. The Hall–Kier alpha value is -2.60. The van der Waals surface area contributed by atoms with Crippen molar-refractivity contribution < 1.29 is 19.4 Å². The van der Waals surface area contributed by atoms with Crippen molar-refractivity contribution in [1.29, 1.82) is 0 Å². The number of aryl methyl sites for hydroxylation is 2. The molecule has 2 heterocycles. The molecule has 158 valence electrons. The summed E-state index contributed by atoms with van der Waals surface area (Å²) in [6, 6.07) is 6.91. The number of amides is 1. The lowest BCUT2D eigenvalue weighted by atomic mass is 9.92. The number of aliphatic hydroxyl groups excluding tert-OH is 1. The summed E-state index contributed by atoms with van der Waals surface area (Å²) in [7, 11) is 1.53. The summed E-state index contributed by atoms with van der Waals surface area (Å²) in [5.74, 6) is -0.805. The predicted octanol–water partition coefficient (Wildman–Crippen LogP) is 5.13. The van der Waals surface area contributed by atoms with Crippen molar-refractivity contribution >= 4 is 28.8 Å². The Morgan fingerprint density at radius 3 is 2.50 bits per heavy atom. The highest BCUT2D eigenvalue weighted by atomic mass is 32.1. The zero-order valence-electron chi connectivity index (χ0n) is 17.6. The Morgan fingerprint density at radius 1 is 1.13 bits per heavy atom. The van der Waals surface area contributed by atoms with E-state index in [0.29, 0.717) is 11.3 Å². The van der Waals surface area contributed by atoms with Gasteiger partial charge in [-0.3, -0.25) is 9.59 Å². The zero-order chi connectivity index (χ0) is 21.4. The van der Waals surface area contributed by atoms with Crippen LogP contribution in [0.5, 0.6) is 5.75 Å². The van der Waals surface area contributed by atoms with Crippen molar-refractivity contribution in [1.82, 2.24) is 4.90 Å². The maximum absolute atomic E-state index is 13.2. The Morgan fingerprint density at radius 2 is 1.87 bits per heavy atom. The number of aliphatic hydroxyl groups is 1. The molecule has 1 aromatic heterocycles. The average molecular weight is 426 g/mol. The summed E-state index contributed by atoms with van der Waals surface area (Å²) in [5, 5.41) is 13.3. The zero-order valence-corrected chi connectivity index (χ0v) is 18.4. The van der Waals surface area contributed by atoms with E-state index in [4.69, 9.17) is 4.74 Å². The number of carbonyl (C=O) groups excluding carboxylic acids is 2. The number of carbonyl (C=O) groups is 2. The predicted molar refractivity (Wildman–Crippen MR) is 118 cm³/mol. The molecule has 30 heavy (non-hydrogen) atoms. The highest BCUT2D eigenvalue weighted by Crippen LogP contribution is 2.46. The van der Waals surface area contributed by atoms with Gasteiger partial charge in [-0.2, -0.15) is 0 Å². The number of hydrogen-bond donors (Lipinski definition) is 1. The maximum atomic E-state index is 13.2. The molecule has 2 aromatic rings. The molecule has 1 aromatic carbocycles. The fourth-order valence-electron chi connectivity index (χ4n) is 4.66. The number of Topliss-reactive ketones (excluding diaryl/α,β-unsaturated/α-hetero) is 1. The molecule has 5 nitrogen and oxygen atoms in total. The van der Waals surface area contributed by atoms with Crippen LogP contribution >= 0.6 is 11.3 Å². The SMILES string of the molecule is COc1ccc(C)cc1/C(O)=C1\C(=O)C(=O)N(C2CCCCC2)C1c1sccc1C. The minimum absolute atomic E-state index is 0.0198. The molecule has 0 bridgehead atoms. The molecule has 1 saturated carbocycles. The van der Waals surface area contributed by atoms with Gasteiger partial charge >= 0.3 is 0 Å². The van der Waals surface area contributed by atoms with Gasteiger partial charge in [-0.25, -0.2) is 0 Å². The number of benzene rings is 1. The van der Waals surface area contributed by atoms with E-state index >= 15 is 0 Å². The van der Waals surface area contributed by atoms with Gasteiger partial charge in [0.2, 0.25) is 0 Å². The van der Waals surface area contributed by atoms with Gasteiger partial charge in [0.1, 0.15) is 17.6 Å². The van der Waals surface area contributed by atoms with E-state index < -0.39 is 17.7 Å². The molecule has 1 aliphatic carbocycles. The third-order valence-electron chi connectivity index (χ3n) is 6.21. The molecule has 0 spiro atoms. The summed E-state index contributed by atoms with van der Waals surface area (Å²) < 4.78 is 5.43. The molecule has 6 heteroatoms. The number of nitrogens with zero attached hydrogens (tertiary/aromatic N) is 1. The Kier molecular flexibility index (Phi) is 5.69. The van der Waals surface area contributed by atoms with Gasteiger partial charge in [-0.1, -0.05) is 30.9 Å². The molecule has 4 rings (SSSR count). The normalized spacial score (nSPS) is 22.0. The van der Waals surface area contributed by atoms with E-state index in [-0.39, 0.29) is 17.4 Å². The maximum Gasteiger partial charge on any atom is 0.295 e. The van der Waals surface area contributed by atoms with E-state index in [2.05, 4.69) is 0 Å². The average Bonchev–Trinajstić information content (AvgIpc) is 3.28. The summed E-state index contributed by atoms with van der Waals surface area (Å²) >= 11 is 1.53. The molecule has 1 atom stereocenters. The number of methoxy groups -OCH3 is 1. The van der Waals surface area contributed by atoms with E-state index in [1.807, 2.05) is 31.4 Å². The standard InChI is InChI=1S/C24H27NO4S/c1-14-9-10-18(29-3)17(13-14)21(26)19-20(23-15(2)11-12-30-23)25(24(28)22(19)27)16-7-5-4-6-8-16/h9-13,16,20,26H,4-8H2,1-3H3/b21-19+. The number of rotatable bonds is 4. The van der Waals surface area contributed by atoms with Crippen molar-refractivity contribution in [3.63, 3.8) is 0 Å². The van der Waals surface area contributed by atoms with E-state index in [0.717, 1.165) is 48.1 Å². The minimum Gasteiger partial charge on any atom is -0.507 e. The van der Waals surface area contributed by atoms with Gasteiger partial charge in [0, 0.05) is 10.9 Å². The fraction of sp³-hybridized carbons (Fsp3) is 0.417. The smallest absolute Gasteiger partial charge is 0.295 e. The monoisotopic (exact) mass is 425 g/mol. The van der Waals surface area contributed by atoms with Gasteiger partial charge in [0.25, 0.3) is 11.7 Å². The number of likely N-dealkylation sites (tertiary alicyclic amines) is 1. The van der Waals surface area contributed by atoms with Gasteiger partial charge in [0.05, 0.1) is 18.2 Å². The van der Waals surface area contributed by atoms with Gasteiger partial charge in [-0.15, -0.1) is 11.3 Å². The van der Waals surface area contributed by atoms with Crippen LogP contribution in [0.15, 0.2) is 35.2 Å². The Balaban J connectivity index is 1.92.